The molecular weight excluding hydrogens is 250 g/mol. The van der Waals surface area contributed by atoms with Crippen LogP contribution in [0.25, 0.3) is 0 Å². The summed E-state index contributed by atoms with van der Waals surface area (Å²) in [4.78, 5) is 13.7. The molecule has 0 spiro atoms. The van der Waals surface area contributed by atoms with Crippen molar-refractivity contribution in [2.45, 2.75) is 25.8 Å². The van der Waals surface area contributed by atoms with Crippen LogP contribution in [0.4, 0.5) is 8.78 Å². The summed E-state index contributed by atoms with van der Waals surface area (Å²) in [6, 6.07) is 3.24. The number of halogens is 2. The molecule has 1 amide bonds. The monoisotopic (exact) mass is 268 g/mol. The van der Waals surface area contributed by atoms with Crippen molar-refractivity contribution < 1.29 is 13.6 Å². The van der Waals surface area contributed by atoms with Gasteiger partial charge in [0, 0.05) is 25.2 Å². The number of carbonyl (C=O) groups is 1. The van der Waals surface area contributed by atoms with Crippen LogP contribution < -0.4 is 5.73 Å². The molecule has 0 radical (unpaired) electrons. The zero-order chi connectivity index (χ0) is 14.0. The van der Waals surface area contributed by atoms with Gasteiger partial charge in [-0.25, -0.2) is 8.78 Å². The van der Waals surface area contributed by atoms with Crippen LogP contribution in [-0.4, -0.2) is 29.9 Å². The van der Waals surface area contributed by atoms with Gasteiger partial charge >= 0.3 is 0 Å². The largest absolute Gasteiger partial charge is 0.341 e. The van der Waals surface area contributed by atoms with Crippen molar-refractivity contribution in [3.05, 3.63) is 35.4 Å². The van der Waals surface area contributed by atoms with Crippen molar-refractivity contribution in [3.63, 3.8) is 0 Å². The van der Waals surface area contributed by atoms with Crippen molar-refractivity contribution in [2.75, 3.05) is 13.1 Å². The summed E-state index contributed by atoms with van der Waals surface area (Å²) < 4.78 is 26.3. The number of rotatable bonds is 2. The maximum atomic E-state index is 13.5. The van der Waals surface area contributed by atoms with E-state index in [9.17, 15) is 13.6 Å². The lowest BCUT2D eigenvalue weighted by Crippen LogP contribution is -2.50. The third-order valence-electron chi connectivity index (χ3n) is 3.73. The molecule has 1 saturated heterocycles. The summed E-state index contributed by atoms with van der Waals surface area (Å²) in [6.45, 7) is 3.21. The molecule has 1 fully saturated rings. The van der Waals surface area contributed by atoms with Crippen LogP contribution in [0.3, 0.4) is 0 Å². The fourth-order valence-electron chi connectivity index (χ4n) is 2.27. The highest BCUT2D eigenvalue weighted by Crippen LogP contribution is 2.17. The predicted molar refractivity (Wildman–Crippen MR) is 68.4 cm³/mol. The molecule has 1 aliphatic heterocycles. The van der Waals surface area contributed by atoms with Gasteiger partial charge in [0.05, 0.1) is 6.42 Å². The Kier molecular flexibility index (Phi) is 4.14. The van der Waals surface area contributed by atoms with Gasteiger partial charge < -0.3 is 10.6 Å². The molecule has 2 N–H and O–H groups in total. The van der Waals surface area contributed by atoms with Crippen LogP contribution in [-0.2, 0) is 11.2 Å². The van der Waals surface area contributed by atoms with Gasteiger partial charge in [0.25, 0.3) is 0 Å². The minimum atomic E-state index is -0.678. The summed E-state index contributed by atoms with van der Waals surface area (Å²) in [6.07, 6.45) is 0.812. The van der Waals surface area contributed by atoms with Gasteiger partial charge in [0.2, 0.25) is 5.91 Å². The Hall–Kier alpha value is -1.49. The van der Waals surface area contributed by atoms with E-state index in [1.165, 1.54) is 6.07 Å². The zero-order valence-corrected chi connectivity index (χ0v) is 10.9. The van der Waals surface area contributed by atoms with Crippen molar-refractivity contribution >= 4 is 5.91 Å². The topological polar surface area (TPSA) is 46.3 Å². The van der Waals surface area contributed by atoms with Crippen molar-refractivity contribution in [1.82, 2.24) is 4.90 Å². The summed E-state index contributed by atoms with van der Waals surface area (Å²) in [5.41, 5.74) is 6.15. The third-order valence-corrected chi connectivity index (χ3v) is 3.73. The molecule has 3 nitrogen and oxygen atoms in total. The molecule has 1 aliphatic rings. The van der Waals surface area contributed by atoms with Crippen LogP contribution in [0.1, 0.15) is 18.9 Å². The molecule has 19 heavy (non-hydrogen) atoms. The van der Waals surface area contributed by atoms with Crippen LogP contribution in [0.15, 0.2) is 18.2 Å². The summed E-state index contributed by atoms with van der Waals surface area (Å²) >= 11 is 0. The first kappa shape index (κ1) is 13.9. The standard InChI is InChI=1S/C14H18F2N2O/c1-9-4-5-18(8-13(9)17)14(19)6-10-2-3-11(15)7-12(10)16/h2-3,7,9,13H,4-6,8,17H2,1H3. The molecule has 2 atom stereocenters. The smallest absolute Gasteiger partial charge is 0.227 e. The molecule has 1 aromatic carbocycles. The van der Waals surface area contributed by atoms with E-state index in [4.69, 9.17) is 5.73 Å². The highest BCUT2D eigenvalue weighted by molar-refractivity contribution is 5.79. The van der Waals surface area contributed by atoms with E-state index >= 15 is 0 Å². The molecule has 1 aromatic rings. The Labute approximate surface area is 111 Å². The van der Waals surface area contributed by atoms with Gasteiger partial charge in [0.15, 0.2) is 0 Å². The van der Waals surface area contributed by atoms with E-state index in [1.807, 2.05) is 0 Å². The maximum Gasteiger partial charge on any atom is 0.227 e. The highest BCUT2D eigenvalue weighted by Gasteiger charge is 2.26. The summed E-state index contributed by atoms with van der Waals surface area (Å²) in [7, 11) is 0. The lowest BCUT2D eigenvalue weighted by atomic mass is 9.94. The maximum absolute atomic E-state index is 13.5. The summed E-state index contributed by atoms with van der Waals surface area (Å²) in [5, 5.41) is 0. The molecule has 1 heterocycles. The number of carbonyl (C=O) groups excluding carboxylic acids is 1. The van der Waals surface area contributed by atoms with Crippen molar-refractivity contribution in [2.24, 2.45) is 11.7 Å². The average molecular weight is 268 g/mol. The molecule has 0 aromatic heterocycles. The lowest BCUT2D eigenvalue weighted by molar-refractivity contribution is -0.132. The van der Waals surface area contributed by atoms with E-state index in [-0.39, 0.29) is 23.9 Å². The van der Waals surface area contributed by atoms with Gasteiger partial charge in [-0.2, -0.15) is 0 Å². The SMILES string of the molecule is CC1CCN(C(=O)Cc2ccc(F)cc2F)CC1N. The molecule has 0 saturated carbocycles. The van der Waals surface area contributed by atoms with E-state index in [2.05, 4.69) is 6.92 Å². The van der Waals surface area contributed by atoms with Gasteiger partial charge in [-0.15, -0.1) is 0 Å². The number of amides is 1. The number of likely N-dealkylation sites (tertiary alicyclic amines) is 1. The van der Waals surface area contributed by atoms with E-state index < -0.39 is 11.6 Å². The van der Waals surface area contributed by atoms with Gasteiger partial charge in [-0.05, 0) is 24.0 Å². The predicted octanol–water partition coefficient (Wildman–Crippen LogP) is 1.70. The second-order valence-corrected chi connectivity index (χ2v) is 5.18. The summed E-state index contributed by atoms with van der Waals surface area (Å²) in [5.74, 6) is -1.08. The van der Waals surface area contributed by atoms with Crippen molar-refractivity contribution in [3.8, 4) is 0 Å². The number of piperidine rings is 1. The Morgan fingerprint density at radius 2 is 2.21 bits per heavy atom. The minimum absolute atomic E-state index is 0.0317. The molecule has 104 valence electrons. The first-order chi connectivity index (χ1) is 8.97. The van der Waals surface area contributed by atoms with Crippen molar-refractivity contribution in [1.29, 1.82) is 0 Å². The Bertz CT molecular complexity index is 479. The number of nitrogens with zero attached hydrogens (tertiary/aromatic N) is 1. The molecular formula is C14H18F2N2O. The Morgan fingerprint density at radius 3 is 2.84 bits per heavy atom. The highest BCUT2D eigenvalue weighted by atomic mass is 19.1. The number of nitrogens with two attached hydrogens (primary N) is 1. The molecule has 2 rings (SSSR count). The zero-order valence-electron chi connectivity index (χ0n) is 10.9. The molecule has 5 heteroatoms. The van der Waals surface area contributed by atoms with Crippen LogP contribution in [0, 0.1) is 17.6 Å². The van der Waals surface area contributed by atoms with Gasteiger partial charge in [-0.3, -0.25) is 4.79 Å². The first-order valence-electron chi connectivity index (χ1n) is 6.44. The lowest BCUT2D eigenvalue weighted by Gasteiger charge is -2.35. The fourth-order valence-corrected chi connectivity index (χ4v) is 2.27. The average Bonchev–Trinajstić information content (AvgIpc) is 2.36. The second kappa shape index (κ2) is 5.65. The third kappa shape index (κ3) is 3.29. The molecule has 0 bridgehead atoms. The minimum Gasteiger partial charge on any atom is -0.341 e. The number of benzene rings is 1. The van der Waals surface area contributed by atoms with E-state index in [0.29, 0.717) is 19.0 Å². The quantitative estimate of drug-likeness (QED) is 0.887. The molecule has 2 unspecified atom stereocenters. The fraction of sp³-hybridized carbons (Fsp3) is 0.500. The van der Waals surface area contributed by atoms with Crippen LogP contribution in [0.2, 0.25) is 0 Å². The Balaban J connectivity index is 2.01. The first-order valence-corrected chi connectivity index (χ1v) is 6.44. The van der Waals surface area contributed by atoms with Crippen LogP contribution in [0.5, 0.6) is 0 Å². The number of hydrogen-bond acceptors (Lipinski definition) is 2. The Morgan fingerprint density at radius 1 is 1.47 bits per heavy atom. The van der Waals surface area contributed by atoms with Gasteiger partial charge in [0.1, 0.15) is 11.6 Å². The van der Waals surface area contributed by atoms with Crippen LogP contribution >= 0.6 is 0 Å². The van der Waals surface area contributed by atoms with E-state index in [0.717, 1.165) is 18.6 Å². The van der Waals surface area contributed by atoms with Gasteiger partial charge in [-0.1, -0.05) is 13.0 Å². The number of hydrogen-bond donors (Lipinski definition) is 1. The second-order valence-electron chi connectivity index (χ2n) is 5.18. The molecule has 0 aliphatic carbocycles. The normalized spacial score (nSPS) is 23.5. The van der Waals surface area contributed by atoms with E-state index in [1.54, 1.807) is 4.90 Å².